The van der Waals surface area contributed by atoms with Crippen molar-refractivity contribution in [2.24, 2.45) is 0 Å². The van der Waals surface area contributed by atoms with Crippen LogP contribution in [0.5, 0.6) is 0 Å². The smallest absolute Gasteiger partial charge is 0.181 e. The summed E-state index contributed by atoms with van der Waals surface area (Å²) < 4.78 is 0. The molecule has 2 unspecified atom stereocenters. The van der Waals surface area contributed by atoms with Crippen LogP contribution in [0.15, 0.2) is 48.5 Å². The average Bonchev–Trinajstić information content (AvgIpc) is 2.53. The van der Waals surface area contributed by atoms with E-state index in [2.05, 4.69) is 34.1 Å². The number of nitrogens with one attached hydrogen (secondary N) is 3. The number of aliphatic hydroxyl groups excluding tert-OH is 1. The minimum Gasteiger partial charge on any atom is -0.381 e. The highest BCUT2D eigenvalue weighted by Crippen LogP contribution is 2.24. The van der Waals surface area contributed by atoms with Crippen LogP contribution in [0.4, 0.5) is 11.4 Å². The lowest BCUT2D eigenvalue weighted by atomic mass is 9.98. The molecule has 0 bridgehead atoms. The number of benzene rings is 2. The van der Waals surface area contributed by atoms with E-state index in [1.165, 1.54) is 11.3 Å². The number of rotatable bonds is 5. The highest BCUT2D eigenvalue weighted by Gasteiger charge is 2.17. The predicted molar refractivity (Wildman–Crippen MR) is 91.3 cm³/mol. The first kappa shape index (κ1) is 15.2. The summed E-state index contributed by atoms with van der Waals surface area (Å²) in [7, 11) is 0. The van der Waals surface area contributed by atoms with Crippen LogP contribution < -0.4 is 16.0 Å². The maximum absolute atomic E-state index is 10.0. The number of aryl methyl sites for hydroxylation is 1. The van der Waals surface area contributed by atoms with Crippen molar-refractivity contribution in [1.29, 1.82) is 0 Å². The lowest BCUT2D eigenvalue weighted by Gasteiger charge is -2.28. The monoisotopic (exact) mass is 317 g/mol. The van der Waals surface area contributed by atoms with Crippen LogP contribution in [0.25, 0.3) is 0 Å². The van der Waals surface area contributed by atoms with Crippen molar-refractivity contribution < 1.29 is 5.11 Å². The number of halogens is 1. The standard InChI is InChI=1S/C17H20ClN3O/c18-13-5-3-6-14(10-13)21-17(22)19-11-15-9-8-12-4-1-2-7-16(12)20-15/h1-7,10,15,17,19-22H,8-9,11H2. The molecule has 0 fully saturated rings. The Morgan fingerprint density at radius 2 is 2.09 bits per heavy atom. The SMILES string of the molecule is OC(NCC1CCc2ccccc2N1)Nc1cccc(Cl)c1. The average molecular weight is 318 g/mol. The zero-order valence-electron chi connectivity index (χ0n) is 12.2. The molecule has 0 saturated carbocycles. The van der Waals surface area contributed by atoms with Gasteiger partial charge in [0, 0.05) is 29.0 Å². The van der Waals surface area contributed by atoms with E-state index in [-0.39, 0.29) is 0 Å². The predicted octanol–water partition coefficient (Wildman–Crippen LogP) is 3.04. The molecule has 2 aromatic rings. The Morgan fingerprint density at radius 1 is 1.23 bits per heavy atom. The second-order valence-electron chi connectivity index (χ2n) is 5.50. The summed E-state index contributed by atoms with van der Waals surface area (Å²) in [6.07, 6.45) is 1.30. The van der Waals surface area contributed by atoms with Gasteiger partial charge in [0.15, 0.2) is 6.35 Å². The molecule has 22 heavy (non-hydrogen) atoms. The molecule has 4 N–H and O–H groups in total. The van der Waals surface area contributed by atoms with Crippen LogP contribution in [0.2, 0.25) is 5.02 Å². The summed E-state index contributed by atoms with van der Waals surface area (Å²) in [6.45, 7) is 0.684. The van der Waals surface area contributed by atoms with E-state index in [1.54, 1.807) is 12.1 Å². The first-order valence-corrected chi connectivity index (χ1v) is 7.86. The van der Waals surface area contributed by atoms with Gasteiger partial charge in [-0.15, -0.1) is 0 Å². The Labute approximate surface area is 135 Å². The van der Waals surface area contributed by atoms with Crippen molar-refractivity contribution in [3.8, 4) is 0 Å². The number of para-hydroxylation sites is 1. The molecule has 3 rings (SSSR count). The highest BCUT2D eigenvalue weighted by molar-refractivity contribution is 6.30. The van der Waals surface area contributed by atoms with E-state index < -0.39 is 6.35 Å². The number of aliphatic hydroxyl groups is 1. The van der Waals surface area contributed by atoms with Gasteiger partial charge in [0.05, 0.1) is 0 Å². The van der Waals surface area contributed by atoms with Crippen molar-refractivity contribution in [3.05, 3.63) is 59.1 Å². The van der Waals surface area contributed by atoms with Gasteiger partial charge in [-0.05, 0) is 42.7 Å². The van der Waals surface area contributed by atoms with E-state index in [0.717, 1.165) is 18.5 Å². The fourth-order valence-corrected chi connectivity index (χ4v) is 2.89. The summed E-state index contributed by atoms with van der Waals surface area (Å²) in [5.74, 6) is 0. The normalized spacial score (nSPS) is 18.2. The molecule has 4 nitrogen and oxygen atoms in total. The minimum atomic E-state index is -0.808. The molecule has 0 radical (unpaired) electrons. The van der Waals surface area contributed by atoms with E-state index in [1.807, 2.05) is 18.2 Å². The van der Waals surface area contributed by atoms with Gasteiger partial charge in [0.1, 0.15) is 0 Å². The molecule has 0 amide bonds. The molecule has 1 heterocycles. The molecular formula is C17H20ClN3O. The van der Waals surface area contributed by atoms with Crippen LogP contribution in [0.3, 0.4) is 0 Å². The lowest BCUT2D eigenvalue weighted by molar-refractivity contribution is 0.163. The van der Waals surface area contributed by atoms with Crippen LogP contribution in [0, 0.1) is 0 Å². The third-order valence-electron chi connectivity index (χ3n) is 3.82. The Balaban J connectivity index is 1.49. The van der Waals surface area contributed by atoms with Crippen molar-refractivity contribution >= 4 is 23.0 Å². The number of hydrogen-bond donors (Lipinski definition) is 4. The van der Waals surface area contributed by atoms with Gasteiger partial charge >= 0.3 is 0 Å². The lowest BCUT2D eigenvalue weighted by Crippen LogP contribution is -2.43. The van der Waals surface area contributed by atoms with Crippen molar-refractivity contribution in [2.75, 3.05) is 17.2 Å². The molecule has 0 spiro atoms. The van der Waals surface area contributed by atoms with Crippen molar-refractivity contribution in [3.63, 3.8) is 0 Å². The maximum Gasteiger partial charge on any atom is 0.181 e. The van der Waals surface area contributed by atoms with E-state index in [9.17, 15) is 5.11 Å². The summed E-state index contributed by atoms with van der Waals surface area (Å²) in [6, 6.07) is 16.0. The summed E-state index contributed by atoms with van der Waals surface area (Å²) in [5, 5.41) is 20.2. The van der Waals surface area contributed by atoms with E-state index in [4.69, 9.17) is 11.6 Å². The highest BCUT2D eigenvalue weighted by atomic mass is 35.5. The molecule has 116 valence electrons. The fraction of sp³-hybridized carbons (Fsp3) is 0.294. The fourth-order valence-electron chi connectivity index (χ4n) is 2.70. The number of fused-ring (bicyclic) bond motifs is 1. The largest absolute Gasteiger partial charge is 0.381 e. The Morgan fingerprint density at radius 3 is 2.95 bits per heavy atom. The maximum atomic E-state index is 10.0. The first-order chi connectivity index (χ1) is 10.7. The Bertz CT molecular complexity index is 635. The molecule has 0 saturated heterocycles. The first-order valence-electron chi connectivity index (χ1n) is 7.49. The molecule has 0 aliphatic carbocycles. The van der Waals surface area contributed by atoms with Crippen LogP contribution in [0.1, 0.15) is 12.0 Å². The molecular weight excluding hydrogens is 298 g/mol. The van der Waals surface area contributed by atoms with Gasteiger partial charge in [-0.25, -0.2) is 0 Å². The Kier molecular flexibility index (Phi) is 4.83. The third kappa shape index (κ3) is 3.91. The Hall–Kier alpha value is -1.75. The summed E-state index contributed by atoms with van der Waals surface area (Å²) in [5.41, 5.74) is 3.34. The van der Waals surface area contributed by atoms with Crippen LogP contribution in [-0.2, 0) is 6.42 Å². The van der Waals surface area contributed by atoms with Gasteiger partial charge in [-0.2, -0.15) is 0 Å². The quantitative estimate of drug-likeness (QED) is 0.640. The second-order valence-corrected chi connectivity index (χ2v) is 5.94. The third-order valence-corrected chi connectivity index (χ3v) is 4.06. The molecule has 1 aliphatic rings. The molecule has 5 heteroatoms. The van der Waals surface area contributed by atoms with Gasteiger partial charge < -0.3 is 15.7 Å². The van der Waals surface area contributed by atoms with E-state index >= 15 is 0 Å². The second kappa shape index (κ2) is 7.01. The van der Waals surface area contributed by atoms with Gasteiger partial charge in [-0.3, -0.25) is 5.32 Å². The molecule has 0 aromatic heterocycles. The van der Waals surface area contributed by atoms with Gasteiger partial charge in [0.25, 0.3) is 0 Å². The number of hydrogen-bond acceptors (Lipinski definition) is 4. The number of anilines is 2. The van der Waals surface area contributed by atoms with Gasteiger partial charge in [-0.1, -0.05) is 35.9 Å². The van der Waals surface area contributed by atoms with Gasteiger partial charge in [0.2, 0.25) is 0 Å². The minimum absolute atomic E-state index is 0.311. The molecule has 2 aromatic carbocycles. The zero-order chi connectivity index (χ0) is 15.4. The van der Waals surface area contributed by atoms with Crippen molar-refractivity contribution in [1.82, 2.24) is 5.32 Å². The summed E-state index contributed by atoms with van der Waals surface area (Å²) >= 11 is 5.92. The summed E-state index contributed by atoms with van der Waals surface area (Å²) in [4.78, 5) is 0. The van der Waals surface area contributed by atoms with E-state index in [0.29, 0.717) is 17.6 Å². The van der Waals surface area contributed by atoms with Crippen LogP contribution >= 0.6 is 11.6 Å². The van der Waals surface area contributed by atoms with Crippen molar-refractivity contribution in [2.45, 2.75) is 25.2 Å². The topological polar surface area (TPSA) is 56.3 Å². The van der Waals surface area contributed by atoms with Crippen LogP contribution in [-0.4, -0.2) is 24.0 Å². The molecule has 2 atom stereocenters. The molecule has 1 aliphatic heterocycles. The zero-order valence-corrected chi connectivity index (χ0v) is 13.0.